The summed E-state index contributed by atoms with van der Waals surface area (Å²) in [7, 11) is 1.70. The molecule has 0 saturated heterocycles. The molecule has 0 bridgehead atoms. The molecule has 1 aromatic heterocycles. The fourth-order valence-corrected chi connectivity index (χ4v) is 2.99. The Hall–Kier alpha value is -3.09. The van der Waals surface area contributed by atoms with E-state index < -0.39 is 5.91 Å². The molecule has 0 aliphatic carbocycles. The van der Waals surface area contributed by atoms with E-state index in [1.165, 1.54) is 0 Å². The summed E-state index contributed by atoms with van der Waals surface area (Å²) >= 11 is 0. The topological polar surface area (TPSA) is 106 Å². The van der Waals surface area contributed by atoms with Crippen LogP contribution >= 0.6 is 0 Å². The molecule has 0 fully saturated rings. The Balaban J connectivity index is 1.50. The van der Waals surface area contributed by atoms with Crippen molar-refractivity contribution in [2.45, 2.75) is 25.7 Å². The standard InChI is InChI=1S/C18H20N4O3/c1-22-10-13(9-15(22)18(19)25)20-16(23)4-2-3-11-5-6-14-12(7-11)8-17(24)21-14/h5-7,9-10H,2-4,8H2,1H3,(H2,19,25)(H,20,23)(H,21,24). The van der Waals surface area contributed by atoms with E-state index >= 15 is 0 Å². The average molecular weight is 340 g/mol. The van der Waals surface area contributed by atoms with Crippen molar-refractivity contribution in [1.82, 2.24) is 4.57 Å². The van der Waals surface area contributed by atoms with Gasteiger partial charge in [-0.3, -0.25) is 14.4 Å². The fourth-order valence-electron chi connectivity index (χ4n) is 2.99. The average Bonchev–Trinajstić information content (AvgIpc) is 3.08. The largest absolute Gasteiger partial charge is 0.364 e. The summed E-state index contributed by atoms with van der Waals surface area (Å²) in [4.78, 5) is 34.6. The summed E-state index contributed by atoms with van der Waals surface area (Å²) in [6.07, 6.45) is 3.90. The molecule has 25 heavy (non-hydrogen) atoms. The monoisotopic (exact) mass is 340 g/mol. The number of aromatic nitrogens is 1. The second kappa shape index (κ2) is 6.80. The van der Waals surface area contributed by atoms with Crippen molar-refractivity contribution in [1.29, 1.82) is 0 Å². The zero-order valence-electron chi connectivity index (χ0n) is 14.0. The van der Waals surface area contributed by atoms with Crippen LogP contribution in [0.15, 0.2) is 30.5 Å². The minimum absolute atomic E-state index is 0.0183. The first-order valence-electron chi connectivity index (χ1n) is 8.10. The van der Waals surface area contributed by atoms with Crippen LogP contribution in [0, 0.1) is 0 Å². The lowest BCUT2D eigenvalue weighted by Crippen LogP contribution is -2.14. The van der Waals surface area contributed by atoms with Gasteiger partial charge in [0.05, 0.1) is 12.1 Å². The zero-order valence-corrected chi connectivity index (χ0v) is 14.0. The van der Waals surface area contributed by atoms with E-state index in [9.17, 15) is 14.4 Å². The number of benzene rings is 1. The van der Waals surface area contributed by atoms with Gasteiger partial charge in [-0.1, -0.05) is 12.1 Å². The highest BCUT2D eigenvalue weighted by Gasteiger charge is 2.17. The molecule has 1 aromatic carbocycles. The lowest BCUT2D eigenvalue weighted by Gasteiger charge is -2.05. The lowest BCUT2D eigenvalue weighted by atomic mass is 10.0. The number of nitrogens with one attached hydrogen (secondary N) is 2. The highest BCUT2D eigenvalue weighted by atomic mass is 16.2. The van der Waals surface area contributed by atoms with Gasteiger partial charge in [-0.2, -0.15) is 0 Å². The van der Waals surface area contributed by atoms with E-state index in [-0.39, 0.29) is 11.8 Å². The Morgan fingerprint density at radius 2 is 2.12 bits per heavy atom. The van der Waals surface area contributed by atoms with E-state index in [1.54, 1.807) is 23.9 Å². The second-order valence-electron chi connectivity index (χ2n) is 6.21. The molecular weight excluding hydrogens is 320 g/mol. The van der Waals surface area contributed by atoms with E-state index in [0.29, 0.717) is 30.6 Å². The number of hydrogen-bond acceptors (Lipinski definition) is 3. The molecule has 7 heteroatoms. The predicted octanol–water partition coefficient (Wildman–Crippen LogP) is 1.58. The van der Waals surface area contributed by atoms with Crippen LogP contribution in [0.2, 0.25) is 0 Å². The number of nitrogens with two attached hydrogens (primary N) is 1. The van der Waals surface area contributed by atoms with Gasteiger partial charge in [-0.15, -0.1) is 0 Å². The number of carbonyl (C=O) groups is 3. The molecule has 130 valence electrons. The van der Waals surface area contributed by atoms with Gasteiger partial charge in [0, 0.05) is 25.4 Å². The summed E-state index contributed by atoms with van der Waals surface area (Å²) in [5, 5.41) is 5.57. The molecule has 0 saturated carbocycles. The van der Waals surface area contributed by atoms with Crippen LogP contribution in [-0.4, -0.2) is 22.3 Å². The van der Waals surface area contributed by atoms with Gasteiger partial charge in [0.2, 0.25) is 11.8 Å². The van der Waals surface area contributed by atoms with Crippen LogP contribution in [0.3, 0.4) is 0 Å². The van der Waals surface area contributed by atoms with Crippen molar-refractivity contribution >= 4 is 29.1 Å². The minimum Gasteiger partial charge on any atom is -0.364 e. The van der Waals surface area contributed by atoms with Gasteiger partial charge in [-0.05, 0) is 36.1 Å². The molecule has 3 rings (SSSR count). The summed E-state index contributed by atoms with van der Waals surface area (Å²) < 4.78 is 1.58. The fraction of sp³-hybridized carbons (Fsp3) is 0.278. The number of primary amides is 1. The molecule has 0 radical (unpaired) electrons. The molecule has 1 aliphatic rings. The third kappa shape index (κ3) is 3.88. The maximum absolute atomic E-state index is 12.0. The van der Waals surface area contributed by atoms with Crippen LogP contribution in [-0.2, 0) is 29.5 Å². The van der Waals surface area contributed by atoms with Gasteiger partial charge >= 0.3 is 0 Å². The lowest BCUT2D eigenvalue weighted by molar-refractivity contribution is -0.116. The van der Waals surface area contributed by atoms with Crippen molar-refractivity contribution in [2.24, 2.45) is 12.8 Å². The Kier molecular flexibility index (Phi) is 4.56. The smallest absolute Gasteiger partial charge is 0.265 e. The summed E-state index contributed by atoms with van der Waals surface area (Å²) in [5.74, 6) is -0.628. The van der Waals surface area contributed by atoms with E-state index in [4.69, 9.17) is 5.73 Å². The quantitative estimate of drug-likeness (QED) is 0.743. The molecule has 0 atom stereocenters. The third-order valence-electron chi connectivity index (χ3n) is 4.21. The van der Waals surface area contributed by atoms with Crippen LogP contribution < -0.4 is 16.4 Å². The van der Waals surface area contributed by atoms with E-state index in [2.05, 4.69) is 10.6 Å². The van der Waals surface area contributed by atoms with E-state index in [1.807, 2.05) is 18.2 Å². The van der Waals surface area contributed by atoms with Gasteiger partial charge in [0.1, 0.15) is 5.69 Å². The maximum atomic E-state index is 12.0. The van der Waals surface area contributed by atoms with Gasteiger partial charge in [0.25, 0.3) is 5.91 Å². The molecule has 0 spiro atoms. The highest BCUT2D eigenvalue weighted by Crippen LogP contribution is 2.24. The Morgan fingerprint density at radius 3 is 2.84 bits per heavy atom. The van der Waals surface area contributed by atoms with Crippen molar-refractivity contribution in [3.63, 3.8) is 0 Å². The first kappa shape index (κ1) is 16.8. The number of carbonyl (C=O) groups excluding carboxylic acids is 3. The maximum Gasteiger partial charge on any atom is 0.265 e. The Morgan fingerprint density at radius 1 is 1.32 bits per heavy atom. The number of anilines is 2. The molecule has 2 aromatic rings. The van der Waals surface area contributed by atoms with Crippen LogP contribution in [0.1, 0.15) is 34.5 Å². The normalized spacial score (nSPS) is 12.6. The molecule has 4 N–H and O–H groups in total. The molecule has 3 amide bonds. The molecule has 7 nitrogen and oxygen atoms in total. The SMILES string of the molecule is Cn1cc(NC(=O)CCCc2ccc3c(c2)CC(=O)N3)cc1C(N)=O. The number of aryl methyl sites for hydroxylation is 2. The Bertz CT molecular complexity index is 854. The van der Waals surface area contributed by atoms with Crippen LogP contribution in [0.5, 0.6) is 0 Å². The summed E-state index contributed by atoms with van der Waals surface area (Å²) in [6, 6.07) is 7.45. The number of amides is 3. The Labute approximate surface area is 145 Å². The molecule has 0 unspecified atom stereocenters. The molecular formula is C18H20N4O3. The van der Waals surface area contributed by atoms with Crippen molar-refractivity contribution in [3.8, 4) is 0 Å². The van der Waals surface area contributed by atoms with Gasteiger partial charge < -0.3 is 20.9 Å². The predicted molar refractivity (Wildman–Crippen MR) is 94.3 cm³/mol. The minimum atomic E-state index is -0.535. The molecule has 1 aliphatic heterocycles. The van der Waals surface area contributed by atoms with E-state index in [0.717, 1.165) is 23.2 Å². The van der Waals surface area contributed by atoms with Crippen molar-refractivity contribution < 1.29 is 14.4 Å². The number of nitrogens with zero attached hydrogens (tertiary/aromatic N) is 1. The van der Waals surface area contributed by atoms with Gasteiger partial charge in [0.15, 0.2) is 0 Å². The first-order valence-corrected chi connectivity index (χ1v) is 8.10. The van der Waals surface area contributed by atoms with Crippen molar-refractivity contribution in [3.05, 3.63) is 47.3 Å². The third-order valence-corrected chi connectivity index (χ3v) is 4.21. The molecule has 2 heterocycles. The summed E-state index contributed by atoms with van der Waals surface area (Å²) in [6.45, 7) is 0. The second-order valence-corrected chi connectivity index (χ2v) is 6.21. The number of hydrogen-bond donors (Lipinski definition) is 3. The summed E-state index contributed by atoms with van der Waals surface area (Å²) in [5.41, 5.74) is 9.15. The zero-order chi connectivity index (χ0) is 18.0. The number of fused-ring (bicyclic) bond motifs is 1. The highest BCUT2D eigenvalue weighted by molar-refractivity contribution is 5.99. The van der Waals surface area contributed by atoms with Crippen LogP contribution in [0.4, 0.5) is 11.4 Å². The first-order chi connectivity index (χ1) is 11.9. The number of rotatable bonds is 6. The van der Waals surface area contributed by atoms with Gasteiger partial charge in [-0.25, -0.2) is 0 Å². The van der Waals surface area contributed by atoms with Crippen LogP contribution in [0.25, 0.3) is 0 Å². The van der Waals surface area contributed by atoms with Crippen molar-refractivity contribution in [2.75, 3.05) is 10.6 Å².